The van der Waals surface area contributed by atoms with Crippen LogP contribution in [-0.2, 0) is 4.79 Å². The van der Waals surface area contributed by atoms with Crippen LogP contribution in [0, 0.1) is 11.3 Å². The predicted octanol–water partition coefficient (Wildman–Crippen LogP) is 2.61. The lowest BCUT2D eigenvalue weighted by molar-refractivity contribution is -0.116. The molecule has 1 heterocycles. The van der Waals surface area contributed by atoms with Gasteiger partial charge in [-0.15, -0.1) is 6.58 Å². The van der Waals surface area contributed by atoms with E-state index in [1.807, 2.05) is 37.3 Å². The molecule has 23 heavy (non-hydrogen) atoms. The molecule has 0 fully saturated rings. The normalized spacial score (nSPS) is 16.3. The van der Waals surface area contributed by atoms with Crippen LogP contribution in [0.15, 0.2) is 48.1 Å². The number of methoxy groups -OCH3 is 1. The zero-order valence-electron chi connectivity index (χ0n) is 13.1. The number of carbonyl (C=O) groups excluding carboxylic acids is 1. The van der Waals surface area contributed by atoms with E-state index < -0.39 is 5.91 Å². The lowest BCUT2D eigenvalue weighted by Crippen LogP contribution is -2.25. The maximum atomic E-state index is 11.9. The summed E-state index contributed by atoms with van der Waals surface area (Å²) in [6.07, 6.45) is 4.70. The van der Waals surface area contributed by atoms with Gasteiger partial charge in [0.1, 0.15) is 17.7 Å². The fourth-order valence-corrected chi connectivity index (χ4v) is 2.21. The molecule has 1 atom stereocenters. The molecule has 0 aliphatic carbocycles. The van der Waals surface area contributed by atoms with E-state index in [-0.39, 0.29) is 11.7 Å². The van der Waals surface area contributed by atoms with Crippen molar-refractivity contribution in [3.63, 3.8) is 0 Å². The molecule has 5 nitrogen and oxygen atoms in total. The molecule has 1 aliphatic heterocycles. The Hall–Kier alpha value is -3.00. The average Bonchev–Trinajstić information content (AvgIpc) is 2.57. The van der Waals surface area contributed by atoms with E-state index in [9.17, 15) is 10.1 Å². The van der Waals surface area contributed by atoms with Crippen LogP contribution in [0.5, 0.6) is 11.5 Å². The maximum Gasteiger partial charge on any atom is 0.262 e. The second kappa shape index (κ2) is 7.32. The highest BCUT2D eigenvalue weighted by molar-refractivity contribution is 5.98. The smallest absolute Gasteiger partial charge is 0.262 e. The van der Waals surface area contributed by atoms with Gasteiger partial charge in [0.05, 0.1) is 7.11 Å². The minimum atomic E-state index is -0.433. The summed E-state index contributed by atoms with van der Waals surface area (Å²) >= 11 is 0. The van der Waals surface area contributed by atoms with E-state index in [1.165, 1.54) is 0 Å². The fraction of sp³-hybridized carbons (Fsp3) is 0.222. The topological polar surface area (TPSA) is 71.4 Å². The third-order valence-corrected chi connectivity index (χ3v) is 3.40. The van der Waals surface area contributed by atoms with E-state index in [1.54, 1.807) is 19.3 Å². The van der Waals surface area contributed by atoms with Crippen molar-refractivity contribution in [3.8, 4) is 17.6 Å². The van der Waals surface area contributed by atoms with Gasteiger partial charge in [-0.25, -0.2) is 0 Å². The maximum absolute atomic E-state index is 11.9. The number of hydrogen-bond donors (Lipinski definition) is 1. The van der Waals surface area contributed by atoms with Crippen molar-refractivity contribution in [2.75, 3.05) is 13.7 Å². The molecule has 2 rings (SSSR count). The van der Waals surface area contributed by atoms with E-state index in [4.69, 9.17) is 9.47 Å². The number of nitrogens with one attached hydrogen (secondary N) is 1. The van der Waals surface area contributed by atoms with Gasteiger partial charge < -0.3 is 14.8 Å². The number of fused-ring (bicyclic) bond motifs is 1. The number of hydrogen-bond acceptors (Lipinski definition) is 4. The van der Waals surface area contributed by atoms with E-state index in [2.05, 4.69) is 11.9 Å². The van der Waals surface area contributed by atoms with Crippen molar-refractivity contribution in [1.82, 2.24) is 5.32 Å². The van der Waals surface area contributed by atoms with Crippen LogP contribution in [0.4, 0.5) is 0 Å². The van der Waals surface area contributed by atoms with Crippen molar-refractivity contribution in [2.24, 2.45) is 0 Å². The highest BCUT2D eigenvalue weighted by Gasteiger charge is 2.22. The molecular formula is C18H18N2O3. The molecule has 1 aromatic carbocycles. The number of ether oxygens (including phenoxy) is 2. The highest BCUT2D eigenvalue weighted by atomic mass is 16.5. The lowest BCUT2D eigenvalue weighted by Gasteiger charge is -2.24. The summed E-state index contributed by atoms with van der Waals surface area (Å²) in [4.78, 5) is 11.9. The van der Waals surface area contributed by atoms with Gasteiger partial charge in [-0.1, -0.05) is 18.2 Å². The molecule has 1 N–H and O–H groups in total. The summed E-state index contributed by atoms with van der Waals surface area (Å²) in [5.74, 6) is 0.879. The van der Waals surface area contributed by atoms with Crippen LogP contribution in [0.2, 0.25) is 0 Å². The minimum Gasteiger partial charge on any atom is -0.493 e. The Bertz CT molecular complexity index is 726. The second-order valence-corrected chi connectivity index (χ2v) is 4.95. The van der Waals surface area contributed by atoms with Crippen LogP contribution in [0.3, 0.4) is 0 Å². The van der Waals surface area contributed by atoms with Crippen LogP contribution < -0.4 is 14.8 Å². The van der Waals surface area contributed by atoms with Crippen LogP contribution in [0.1, 0.15) is 12.5 Å². The third kappa shape index (κ3) is 3.61. The quantitative estimate of drug-likeness (QED) is 0.515. The average molecular weight is 310 g/mol. The zero-order chi connectivity index (χ0) is 16.8. The molecule has 1 unspecified atom stereocenters. The molecule has 0 spiro atoms. The number of nitrogens with zero attached hydrogens (tertiary/aromatic N) is 1. The first-order valence-corrected chi connectivity index (χ1v) is 7.16. The molecule has 0 radical (unpaired) electrons. The largest absolute Gasteiger partial charge is 0.493 e. The van der Waals surface area contributed by atoms with Gasteiger partial charge >= 0.3 is 0 Å². The predicted molar refractivity (Wildman–Crippen MR) is 88.0 cm³/mol. The number of carbonyl (C=O) groups is 1. The van der Waals surface area contributed by atoms with Gasteiger partial charge in [0.15, 0.2) is 11.5 Å². The molecular weight excluding hydrogens is 292 g/mol. The number of nitriles is 1. The van der Waals surface area contributed by atoms with Crippen LogP contribution >= 0.6 is 0 Å². The van der Waals surface area contributed by atoms with Crippen molar-refractivity contribution in [3.05, 3.63) is 53.6 Å². The SMILES string of the molecule is C=CCNC(=O)/C(C#N)=C\C1=Cc2cccc(OC)c2OC1C. The van der Waals surface area contributed by atoms with Crippen molar-refractivity contribution in [1.29, 1.82) is 5.26 Å². The summed E-state index contributed by atoms with van der Waals surface area (Å²) in [5, 5.41) is 11.8. The molecule has 0 saturated heterocycles. The second-order valence-electron chi connectivity index (χ2n) is 4.95. The molecule has 5 heteroatoms. The Balaban J connectivity index is 2.36. The Kier molecular flexibility index (Phi) is 5.21. The van der Waals surface area contributed by atoms with E-state index >= 15 is 0 Å². The van der Waals surface area contributed by atoms with Crippen molar-refractivity contribution < 1.29 is 14.3 Å². The summed E-state index contributed by atoms with van der Waals surface area (Å²) in [6.45, 7) is 5.69. The standard InChI is InChI=1S/C18H18N2O3/c1-4-8-20-18(21)15(11-19)10-14-9-13-6-5-7-16(22-3)17(13)23-12(14)2/h4-7,9-10,12H,1,8H2,2-3H3,(H,20,21)/b15-10-. The molecule has 1 aromatic rings. The highest BCUT2D eigenvalue weighted by Crippen LogP contribution is 2.38. The van der Waals surface area contributed by atoms with E-state index in [0.29, 0.717) is 18.0 Å². The van der Waals surface area contributed by atoms with Gasteiger partial charge in [-0.3, -0.25) is 4.79 Å². The molecule has 0 bridgehead atoms. The number of benzene rings is 1. The van der Waals surface area contributed by atoms with E-state index in [0.717, 1.165) is 11.1 Å². The first kappa shape index (κ1) is 16.4. The molecule has 1 aliphatic rings. The first-order valence-electron chi connectivity index (χ1n) is 7.16. The molecule has 0 saturated carbocycles. The molecule has 1 amide bonds. The number of amides is 1. The number of para-hydroxylation sites is 1. The number of rotatable bonds is 5. The lowest BCUT2D eigenvalue weighted by atomic mass is 10.00. The molecule has 0 aromatic heterocycles. The van der Waals surface area contributed by atoms with Gasteiger partial charge in [-0.2, -0.15) is 5.26 Å². The monoisotopic (exact) mass is 310 g/mol. The summed E-state index contributed by atoms with van der Waals surface area (Å²) in [5.41, 5.74) is 1.62. The fourth-order valence-electron chi connectivity index (χ4n) is 2.21. The Labute approximate surface area is 135 Å². The van der Waals surface area contributed by atoms with Crippen LogP contribution in [-0.4, -0.2) is 25.7 Å². The summed E-state index contributed by atoms with van der Waals surface area (Å²) in [7, 11) is 1.58. The zero-order valence-corrected chi connectivity index (χ0v) is 13.1. The first-order chi connectivity index (χ1) is 11.1. The Morgan fingerprint density at radius 2 is 2.35 bits per heavy atom. The molecule has 118 valence electrons. The van der Waals surface area contributed by atoms with Gasteiger partial charge in [0.25, 0.3) is 5.91 Å². The van der Waals surface area contributed by atoms with Crippen LogP contribution in [0.25, 0.3) is 6.08 Å². The summed E-state index contributed by atoms with van der Waals surface area (Å²) in [6, 6.07) is 7.49. The van der Waals surface area contributed by atoms with Crippen molar-refractivity contribution >= 4 is 12.0 Å². The van der Waals surface area contributed by atoms with Crippen molar-refractivity contribution in [2.45, 2.75) is 13.0 Å². The minimum absolute atomic E-state index is 0.0277. The Morgan fingerprint density at radius 3 is 3.00 bits per heavy atom. The van der Waals surface area contributed by atoms with Gasteiger partial charge in [0, 0.05) is 12.1 Å². The third-order valence-electron chi connectivity index (χ3n) is 3.40. The summed E-state index contributed by atoms with van der Waals surface area (Å²) < 4.78 is 11.2. The Morgan fingerprint density at radius 1 is 1.57 bits per heavy atom. The van der Waals surface area contributed by atoms with Gasteiger partial charge in [-0.05, 0) is 30.7 Å². The van der Waals surface area contributed by atoms with Gasteiger partial charge in [0.2, 0.25) is 0 Å².